The van der Waals surface area contributed by atoms with E-state index in [9.17, 15) is 9.90 Å². The van der Waals surface area contributed by atoms with Crippen molar-refractivity contribution in [3.8, 4) is 5.75 Å². The van der Waals surface area contributed by atoms with Crippen LogP contribution in [0.1, 0.15) is 12.0 Å². The van der Waals surface area contributed by atoms with Gasteiger partial charge in [-0.1, -0.05) is 6.07 Å². The number of carbonyl (C=O) groups excluding carboxylic acids is 1. The monoisotopic (exact) mass is 264 g/mol. The van der Waals surface area contributed by atoms with Crippen molar-refractivity contribution in [3.63, 3.8) is 0 Å². The Labute approximate surface area is 113 Å². The van der Waals surface area contributed by atoms with Crippen molar-refractivity contribution >= 4 is 11.6 Å². The molecule has 104 valence electrons. The molecule has 0 aromatic heterocycles. The predicted octanol–water partition coefficient (Wildman–Crippen LogP) is 1.27. The minimum Gasteiger partial charge on any atom is -0.506 e. The van der Waals surface area contributed by atoms with E-state index in [2.05, 4.69) is 10.6 Å². The number of methoxy groups -OCH3 is 1. The molecule has 5 heteroatoms. The zero-order valence-electron chi connectivity index (χ0n) is 11.3. The van der Waals surface area contributed by atoms with Crippen LogP contribution in [0.3, 0.4) is 0 Å². The van der Waals surface area contributed by atoms with Gasteiger partial charge in [0.15, 0.2) is 0 Å². The van der Waals surface area contributed by atoms with Crippen molar-refractivity contribution < 1.29 is 14.6 Å². The summed E-state index contributed by atoms with van der Waals surface area (Å²) in [5.41, 5.74) is 0.885. The van der Waals surface area contributed by atoms with E-state index in [1.54, 1.807) is 25.3 Å². The highest BCUT2D eigenvalue weighted by atomic mass is 16.5. The number of anilines is 1. The highest BCUT2D eigenvalue weighted by Crippen LogP contribution is 2.30. The second kappa shape index (κ2) is 5.59. The molecule has 2 rings (SSSR count). The molecule has 1 aromatic rings. The van der Waals surface area contributed by atoms with E-state index in [0.29, 0.717) is 18.8 Å². The number of aromatic hydroxyl groups is 1. The summed E-state index contributed by atoms with van der Waals surface area (Å²) in [6, 6.07) is 5.14. The van der Waals surface area contributed by atoms with Gasteiger partial charge in [0.2, 0.25) is 5.91 Å². The van der Waals surface area contributed by atoms with E-state index in [-0.39, 0.29) is 11.7 Å². The number of hydrogen-bond acceptors (Lipinski definition) is 4. The standard InChI is InChI=1S/C14H20N2O3/c1-10-3-4-12(17)11(7-10)16-13(18)14(9-19-2)5-6-15-8-14/h3-4,7,15,17H,5-6,8-9H2,1-2H3,(H,16,18). The molecule has 19 heavy (non-hydrogen) atoms. The van der Waals surface area contributed by atoms with Crippen LogP contribution in [0.4, 0.5) is 5.69 Å². The summed E-state index contributed by atoms with van der Waals surface area (Å²) in [5.74, 6) is -0.0299. The number of ether oxygens (including phenoxy) is 1. The maximum Gasteiger partial charge on any atom is 0.234 e. The molecule has 0 saturated carbocycles. The molecule has 0 bridgehead atoms. The molecule has 1 fully saturated rings. The number of rotatable bonds is 4. The topological polar surface area (TPSA) is 70.6 Å². The molecule has 1 saturated heterocycles. The Hall–Kier alpha value is -1.59. The molecule has 0 aliphatic carbocycles. The van der Waals surface area contributed by atoms with Gasteiger partial charge in [-0.3, -0.25) is 4.79 Å². The predicted molar refractivity (Wildman–Crippen MR) is 73.3 cm³/mol. The maximum absolute atomic E-state index is 12.4. The first-order chi connectivity index (χ1) is 9.07. The van der Waals surface area contributed by atoms with Crippen LogP contribution in [0, 0.1) is 12.3 Å². The Morgan fingerprint density at radius 1 is 1.58 bits per heavy atom. The molecule has 3 N–H and O–H groups in total. The van der Waals surface area contributed by atoms with Crippen molar-refractivity contribution in [1.29, 1.82) is 0 Å². The fraction of sp³-hybridized carbons (Fsp3) is 0.500. The van der Waals surface area contributed by atoms with Gasteiger partial charge in [-0.05, 0) is 37.6 Å². The van der Waals surface area contributed by atoms with Gasteiger partial charge in [0.1, 0.15) is 5.75 Å². The molecule has 1 unspecified atom stereocenters. The molecule has 0 radical (unpaired) electrons. The molecule has 1 aliphatic rings. The zero-order valence-corrected chi connectivity index (χ0v) is 11.3. The van der Waals surface area contributed by atoms with Crippen molar-refractivity contribution in [3.05, 3.63) is 23.8 Å². The van der Waals surface area contributed by atoms with E-state index in [0.717, 1.165) is 18.5 Å². The molecule has 0 spiro atoms. The smallest absolute Gasteiger partial charge is 0.234 e. The van der Waals surface area contributed by atoms with Crippen LogP contribution in [-0.4, -0.2) is 37.8 Å². The van der Waals surface area contributed by atoms with Crippen molar-refractivity contribution in [2.24, 2.45) is 5.41 Å². The van der Waals surface area contributed by atoms with Crippen LogP contribution in [0.25, 0.3) is 0 Å². The van der Waals surface area contributed by atoms with E-state index in [1.807, 2.05) is 6.92 Å². The first-order valence-electron chi connectivity index (χ1n) is 6.38. The Morgan fingerprint density at radius 2 is 2.37 bits per heavy atom. The van der Waals surface area contributed by atoms with Crippen LogP contribution < -0.4 is 10.6 Å². The molecule has 1 heterocycles. The van der Waals surface area contributed by atoms with Gasteiger partial charge in [-0.25, -0.2) is 0 Å². The molecular weight excluding hydrogens is 244 g/mol. The Bertz CT molecular complexity index is 468. The lowest BCUT2D eigenvalue weighted by Crippen LogP contribution is -2.41. The number of amides is 1. The fourth-order valence-corrected chi connectivity index (χ4v) is 2.41. The van der Waals surface area contributed by atoms with Crippen molar-refractivity contribution in [1.82, 2.24) is 5.32 Å². The lowest BCUT2D eigenvalue weighted by molar-refractivity contribution is -0.127. The minimum atomic E-state index is -0.551. The number of benzene rings is 1. The van der Waals surface area contributed by atoms with Gasteiger partial charge >= 0.3 is 0 Å². The lowest BCUT2D eigenvalue weighted by Gasteiger charge is -2.26. The zero-order chi connectivity index (χ0) is 13.9. The van der Waals surface area contributed by atoms with Gasteiger partial charge < -0.3 is 20.5 Å². The molecule has 1 atom stereocenters. The van der Waals surface area contributed by atoms with E-state index < -0.39 is 5.41 Å². The Morgan fingerprint density at radius 3 is 3.00 bits per heavy atom. The number of aryl methyl sites for hydroxylation is 1. The highest BCUT2D eigenvalue weighted by Gasteiger charge is 2.41. The van der Waals surface area contributed by atoms with Crippen LogP contribution in [0.5, 0.6) is 5.75 Å². The summed E-state index contributed by atoms with van der Waals surface area (Å²) in [4.78, 5) is 12.4. The van der Waals surface area contributed by atoms with Gasteiger partial charge in [0, 0.05) is 13.7 Å². The second-order valence-electron chi connectivity index (χ2n) is 5.11. The molecule has 1 aliphatic heterocycles. The number of nitrogens with one attached hydrogen (secondary N) is 2. The molecule has 1 amide bonds. The van der Waals surface area contributed by atoms with Crippen LogP contribution in [-0.2, 0) is 9.53 Å². The summed E-state index contributed by atoms with van der Waals surface area (Å²) in [5, 5.41) is 15.8. The number of carbonyl (C=O) groups is 1. The summed E-state index contributed by atoms with van der Waals surface area (Å²) in [6.07, 6.45) is 0.735. The third kappa shape index (κ3) is 2.88. The van der Waals surface area contributed by atoms with Crippen LogP contribution in [0.2, 0.25) is 0 Å². The SMILES string of the molecule is COCC1(C(=O)Nc2cc(C)ccc2O)CCNC1. The Balaban J connectivity index is 2.17. The molecule has 1 aromatic carbocycles. The summed E-state index contributed by atoms with van der Waals surface area (Å²) in [6.45, 7) is 3.69. The van der Waals surface area contributed by atoms with Gasteiger partial charge in [0.25, 0.3) is 0 Å². The first kappa shape index (κ1) is 13.8. The Kier molecular flexibility index (Phi) is 4.07. The number of phenols is 1. The number of phenolic OH excluding ortho intramolecular Hbond substituents is 1. The van der Waals surface area contributed by atoms with Crippen molar-refractivity contribution in [2.45, 2.75) is 13.3 Å². The summed E-state index contributed by atoms with van der Waals surface area (Å²) < 4.78 is 5.18. The average Bonchev–Trinajstić information content (AvgIpc) is 2.84. The van der Waals surface area contributed by atoms with Gasteiger partial charge in [0.05, 0.1) is 17.7 Å². The lowest BCUT2D eigenvalue weighted by atomic mass is 9.87. The van der Waals surface area contributed by atoms with E-state index in [1.165, 1.54) is 0 Å². The minimum absolute atomic E-state index is 0.0810. The van der Waals surface area contributed by atoms with Gasteiger partial charge in [-0.2, -0.15) is 0 Å². The third-order valence-electron chi connectivity index (χ3n) is 3.55. The largest absolute Gasteiger partial charge is 0.506 e. The maximum atomic E-state index is 12.4. The van der Waals surface area contributed by atoms with Crippen LogP contribution >= 0.6 is 0 Å². The highest BCUT2D eigenvalue weighted by molar-refractivity contribution is 5.97. The number of hydrogen-bond donors (Lipinski definition) is 3. The van der Waals surface area contributed by atoms with E-state index in [4.69, 9.17) is 4.74 Å². The molecular formula is C14H20N2O3. The first-order valence-corrected chi connectivity index (χ1v) is 6.38. The quantitative estimate of drug-likeness (QED) is 0.716. The fourth-order valence-electron chi connectivity index (χ4n) is 2.41. The summed E-state index contributed by atoms with van der Waals surface area (Å²) in [7, 11) is 1.59. The summed E-state index contributed by atoms with van der Waals surface area (Å²) >= 11 is 0. The van der Waals surface area contributed by atoms with Gasteiger partial charge in [-0.15, -0.1) is 0 Å². The normalized spacial score (nSPS) is 22.4. The van der Waals surface area contributed by atoms with Crippen molar-refractivity contribution in [2.75, 3.05) is 32.1 Å². The van der Waals surface area contributed by atoms with E-state index >= 15 is 0 Å². The third-order valence-corrected chi connectivity index (χ3v) is 3.55. The van der Waals surface area contributed by atoms with Crippen LogP contribution in [0.15, 0.2) is 18.2 Å². The second-order valence-corrected chi connectivity index (χ2v) is 5.11. The molecule has 5 nitrogen and oxygen atoms in total. The average molecular weight is 264 g/mol.